The van der Waals surface area contributed by atoms with Gasteiger partial charge in [-0.1, -0.05) is 30.7 Å². The lowest BCUT2D eigenvalue weighted by Gasteiger charge is -2.33. The van der Waals surface area contributed by atoms with E-state index in [1.165, 1.54) is 15.6 Å². The molecule has 2 aliphatic rings. The van der Waals surface area contributed by atoms with E-state index in [2.05, 4.69) is 0 Å². The van der Waals surface area contributed by atoms with Crippen LogP contribution in [0.5, 0.6) is 0 Å². The number of piperidine rings is 1. The number of Topliss-reactive ketones (excluding diaryl/α,β-unsaturated/α-hetero) is 1. The van der Waals surface area contributed by atoms with E-state index in [-0.39, 0.29) is 22.3 Å². The van der Waals surface area contributed by atoms with Crippen molar-refractivity contribution >= 4 is 49.5 Å². The van der Waals surface area contributed by atoms with E-state index in [9.17, 15) is 18.0 Å². The molecule has 0 radical (unpaired) electrons. The third-order valence-electron chi connectivity index (χ3n) is 7.23. The molecule has 10 heteroatoms. The minimum atomic E-state index is -3.72. The number of amides is 1. The molecule has 5 rings (SSSR count). The summed E-state index contributed by atoms with van der Waals surface area (Å²) in [5.74, 6) is -0.161. The average Bonchev–Trinajstić information content (AvgIpc) is 3.57. The maximum Gasteiger partial charge on any atom is 0.258 e. The number of carbonyl (C=O) groups excluding carboxylic acids is 2. The Morgan fingerprint density at radius 2 is 1.95 bits per heavy atom. The summed E-state index contributed by atoms with van der Waals surface area (Å²) in [5.41, 5.74) is 2.28. The highest BCUT2D eigenvalue weighted by Gasteiger charge is 2.38. The molecule has 2 aliphatic heterocycles. The third-order valence-corrected chi connectivity index (χ3v) is 10.5. The van der Waals surface area contributed by atoms with E-state index in [4.69, 9.17) is 9.47 Å². The molecule has 0 bridgehead atoms. The number of anilines is 1. The van der Waals surface area contributed by atoms with Crippen LogP contribution in [0.3, 0.4) is 0 Å². The highest BCUT2D eigenvalue weighted by atomic mass is 32.2. The number of thiophene rings is 1. The normalized spacial score (nSPS) is 18.0. The van der Waals surface area contributed by atoms with Crippen molar-refractivity contribution in [2.45, 2.75) is 42.4 Å². The number of benzene rings is 2. The fourth-order valence-corrected chi connectivity index (χ4v) is 8.20. The Hall–Kier alpha value is -2.63. The van der Waals surface area contributed by atoms with E-state index < -0.39 is 16.1 Å². The van der Waals surface area contributed by atoms with Crippen LogP contribution in [0.1, 0.15) is 41.6 Å². The topological polar surface area (TPSA) is 93.2 Å². The maximum atomic E-state index is 13.6. The summed E-state index contributed by atoms with van der Waals surface area (Å²) >= 11 is 1.17. The van der Waals surface area contributed by atoms with Gasteiger partial charge in [-0.05, 0) is 53.8 Å². The zero-order valence-corrected chi connectivity index (χ0v) is 23.1. The summed E-state index contributed by atoms with van der Waals surface area (Å²) in [5, 5.41) is 3.46. The van der Waals surface area contributed by atoms with Gasteiger partial charge in [0, 0.05) is 44.2 Å². The van der Waals surface area contributed by atoms with Gasteiger partial charge in [-0.3, -0.25) is 9.59 Å². The number of ether oxygens (including phenoxy) is 2. The van der Waals surface area contributed by atoms with Gasteiger partial charge in [0.15, 0.2) is 5.78 Å². The molecule has 0 aliphatic carbocycles. The number of ketones is 1. The lowest BCUT2D eigenvalue weighted by molar-refractivity contribution is -0.122. The molecule has 2 aromatic carbocycles. The Kier molecular flexibility index (Phi) is 8.25. The van der Waals surface area contributed by atoms with Crippen LogP contribution in [0.4, 0.5) is 5.69 Å². The molecule has 0 saturated carbocycles. The number of methoxy groups -OCH3 is 1. The van der Waals surface area contributed by atoms with E-state index in [0.717, 1.165) is 34.9 Å². The zero-order valence-electron chi connectivity index (χ0n) is 21.4. The summed E-state index contributed by atoms with van der Waals surface area (Å²) in [7, 11) is -2.09. The minimum Gasteiger partial charge on any atom is -0.382 e. The zero-order chi connectivity index (χ0) is 26.7. The van der Waals surface area contributed by atoms with Gasteiger partial charge in [0.1, 0.15) is 4.21 Å². The number of sulfonamides is 1. The van der Waals surface area contributed by atoms with Gasteiger partial charge in [-0.15, -0.1) is 11.3 Å². The Labute approximate surface area is 227 Å². The molecule has 1 fully saturated rings. The molecule has 1 atom stereocenters. The smallest absolute Gasteiger partial charge is 0.258 e. The highest BCUT2D eigenvalue weighted by molar-refractivity contribution is 7.91. The predicted octanol–water partition coefficient (Wildman–Crippen LogP) is 4.27. The van der Waals surface area contributed by atoms with Gasteiger partial charge in [0.05, 0.1) is 24.9 Å². The van der Waals surface area contributed by atoms with Gasteiger partial charge >= 0.3 is 0 Å². The number of hydrogen-bond donors (Lipinski definition) is 0. The lowest BCUT2D eigenvalue weighted by atomic mass is 9.93. The van der Waals surface area contributed by atoms with Crippen LogP contribution in [-0.4, -0.2) is 70.5 Å². The van der Waals surface area contributed by atoms with Crippen LogP contribution in [0.2, 0.25) is 0 Å². The molecular weight excluding hydrogens is 524 g/mol. The first-order valence-electron chi connectivity index (χ1n) is 12.9. The molecule has 8 nitrogen and oxygen atoms in total. The second-order valence-corrected chi connectivity index (χ2v) is 12.7. The fourth-order valence-electron chi connectivity index (χ4n) is 5.40. The maximum absolute atomic E-state index is 13.6. The fraction of sp³-hybridized carbons (Fsp3) is 0.429. The van der Waals surface area contributed by atoms with Crippen LogP contribution in [0, 0.1) is 0 Å². The Morgan fingerprint density at radius 3 is 2.74 bits per heavy atom. The molecule has 1 aromatic heterocycles. The van der Waals surface area contributed by atoms with Crippen LogP contribution in [-0.2, 0) is 30.7 Å². The van der Waals surface area contributed by atoms with E-state index >= 15 is 0 Å². The average molecular weight is 557 g/mol. The minimum absolute atomic E-state index is 0.0496. The van der Waals surface area contributed by atoms with Crippen molar-refractivity contribution in [2.24, 2.45) is 0 Å². The second kappa shape index (κ2) is 11.6. The first-order chi connectivity index (χ1) is 18.4. The van der Waals surface area contributed by atoms with Gasteiger partial charge < -0.3 is 14.4 Å². The van der Waals surface area contributed by atoms with Crippen LogP contribution >= 0.6 is 11.3 Å². The molecule has 1 amide bonds. The first-order valence-corrected chi connectivity index (χ1v) is 15.3. The Bertz CT molecular complexity index is 1420. The second-order valence-electron chi connectivity index (χ2n) is 9.59. The lowest BCUT2D eigenvalue weighted by Crippen LogP contribution is -2.48. The SMILES string of the molecule is COCCOCCCN1C(=O)c2cccc3c(CC(=O)C4CCCCN4S(=O)(=O)c4cccs4)ccc1c23. The van der Waals surface area contributed by atoms with Crippen molar-refractivity contribution in [3.63, 3.8) is 0 Å². The molecule has 1 saturated heterocycles. The summed E-state index contributed by atoms with van der Waals surface area (Å²) < 4.78 is 38.8. The van der Waals surface area contributed by atoms with Gasteiger partial charge in [-0.25, -0.2) is 8.42 Å². The van der Waals surface area contributed by atoms with E-state index in [0.29, 0.717) is 51.3 Å². The van der Waals surface area contributed by atoms with Crippen LogP contribution < -0.4 is 4.90 Å². The van der Waals surface area contributed by atoms with Crippen molar-refractivity contribution in [1.82, 2.24) is 4.31 Å². The van der Waals surface area contributed by atoms with Crippen molar-refractivity contribution in [3.8, 4) is 0 Å². The van der Waals surface area contributed by atoms with Crippen LogP contribution in [0.15, 0.2) is 52.1 Å². The van der Waals surface area contributed by atoms with Crippen molar-refractivity contribution in [3.05, 3.63) is 59.0 Å². The third kappa shape index (κ3) is 5.15. The number of rotatable bonds is 12. The van der Waals surface area contributed by atoms with Gasteiger partial charge in [0.25, 0.3) is 15.9 Å². The number of hydrogen-bond acceptors (Lipinski definition) is 7. The molecule has 0 spiro atoms. The standard InChI is InChI=1S/C28H32N2O6S2/c1-35-16-17-36-15-6-13-29-24-12-11-20(21-7-4-8-22(27(21)24)28(29)32)19-25(31)23-9-2-3-14-30(23)38(33,34)26-10-5-18-37-26/h4-5,7-8,10-12,18,23H,2-3,6,9,13-17,19H2,1H3. The monoisotopic (exact) mass is 556 g/mol. The summed E-state index contributed by atoms with van der Waals surface area (Å²) in [4.78, 5) is 28.6. The summed E-state index contributed by atoms with van der Waals surface area (Å²) in [6, 6.07) is 12.0. The molecule has 3 aromatic rings. The van der Waals surface area contributed by atoms with E-state index in [1.807, 2.05) is 30.3 Å². The number of nitrogens with zero attached hydrogens (tertiary/aromatic N) is 2. The molecule has 3 heterocycles. The molecule has 1 unspecified atom stereocenters. The van der Waals surface area contributed by atoms with Gasteiger partial charge in [-0.2, -0.15) is 4.31 Å². The molecule has 0 N–H and O–H groups in total. The quantitative estimate of drug-likeness (QED) is 0.310. The van der Waals surface area contributed by atoms with Crippen LogP contribution in [0.25, 0.3) is 10.8 Å². The molecular formula is C28H32N2O6S2. The summed E-state index contributed by atoms with van der Waals surface area (Å²) in [6.45, 7) is 2.47. The first kappa shape index (κ1) is 27.0. The van der Waals surface area contributed by atoms with Gasteiger partial charge in [0.2, 0.25) is 0 Å². The number of carbonyl (C=O) groups is 2. The van der Waals surface area contributed by atoms with Crippen molar-refractivity contribution in [2.75, 3.05) is 44.9 Å². The predicted molar refractivity (Wildman–Crippen MR) is 147 cm³/mol. The summed E-state index contributed by atoms with van der Waals surface area (Å²) in [6.07, 6.45) is 2.88. The molecule has 202 valence electrons. The van der Waals surface area contributed by atoms with Crippen molar-refractivity contribution < 1.29 is 27.5 Å². The Morgan fingerprint density at radius 1 is 1.08 bits per heavy atom. The van der Waals surface area contributed by atoms with E-state index in [1.54, 1.807) is 29.5 Å². The van der Waals surface area contributed by atoms with Crippen molar-refractivity contribution in [1.29, 1.82) is 0 Å². The molecule has 38 heavy (non-hydrogen) atoms. The largest absolute Gasteiger partial charge is 0.382 e. The Balaban J connectivity index is 1.36. The highest BCUT2D eigenvalue weighted by Crippen LogP contribution is 2.39.